The lowest BCUT2D eigenvalue weighted by molar-refractivity contribution is 0.0600. The molecule has 2 aromatic rings. The van der Waals surface area contributed by atoms with Crippen LogP contribution in [0.2, 0.25) is 0 Å². The Morgan fingerprint density at radius 1 is 1.18 bits per heavy atom. The van der Waals surface area contributed by atoms with E-state index < -0.39 is 0 Å². The number of carbonyl (C=O) groups is 1. The minimum Gasteiger partial charge on any atom is -0.490 e. The number of rotatable bonds is 7. The number of carbonyl (C=O) groups excluding carboxylic acids is 1. The van der Waals surface area contributed by atoms with Crippen molar-refractivity contribution in [2.45, 2.75) is 5.75 Å². The van der Waals surface area contributed by atoms with Gasteiger partial charge in [0.25, 0.3) is 0 Å². The molecule has 0 atom stereocenters. The summed E-state index contributed by atoms with van der Waals surface area (Å²) >= 11 is 1.66. The van der Waals surface area contributed by atoms with Gasteiger partial charge in [-0.3, -0.25) is 0 Å². The molecule has 5 heteroatoms. The summed E-state index contributed by atoms with van der Waals surface area (Å²) in [5, 5.41) is 0. The highest BCUT2D eigenvalue weighted by Crippen LogP contribution is 2.17. The van der Waals surface area contributed by atoms with Gasteiger partial charge in [-0.25, -0.2) is 9.18 Å². The molecule has 0 fully saturated rings. The Balaban J connectivity index is 1.75. The number of hydrogen-bond acceptors (Lipinski definition) is 4. The van der Waals surface area contributed by atoms with Gasteiger partial charge in [0.2, 0.25) is 0 Å². The molecular weight excluding hydrogens is 303 g/mol. The molecule has 0 aromatic heterocycles. The standard InChI is InChI=1S/C17H17FO3S/c1-20-17(19)14-6-4-5-13(11-14)12-22-10-9-21-16-8-3-2-7-15(16)18/h2-8,11H,9-10,12H2,1H3. The molecule has 0 aliphatic rings. The number of benzene rings is 2. The predicted octanol–water partition coefficient (Wildman–Crippen LogP) is 3.92. The Morgan fingerprint density at radius 2 is 2.00 bits per heavy atom. The maximum atomic E-state index is 13.3. The number of ether oxygens (including phenoxy) is 2. The molecule has 0 radical (unpaired) electrons. The van der Waals surface area contributed by atoms with Gasteiger partial charge in [-0.1, -0.05) is 24.3 Å². The summed E-state index contributed by atoms with van der Waals surface area (Å²) in [5.41, 5.74) is 1.59. The number of hydrogen-bond donors (Lipinski definition) is 0. The zero-order valence-electron chi connectivity index (χ0n) is 12.3. The van der Waals surface area contributed by atoms with Gasteiger partial charge in [0, 0.05) is 11.5 Å². The largest absolute Gasteiger partial charge is 0.490 e. The van der Waals surface area contributed by atoms with E-state index in [1.807, 2.05) is 18.2 Å². The molecule has 0 bridgehead atoms. The topological polar surface area (TPSA) is 35.5 Å². The fourth-order valence-electron chi connectivity index (χ4n) is 1.87. The van der Waals surface area contributed by atoms with Gasteiger partial charge in [-0.15, -0.1) is 0 Å². The van der Waals surface area contributed by atoms with Crippen molar-refractivity contribution in [1.82, 2.24) is 0 Å². The summed E-state index contributed by atoms with van der Waals surface area (Å²) in [6.45, 7) is 0.433. The molecule has 2 rings (SSSR count). The van der Waals surface area contributed by atoms with Gasteiger partial charge in [0.1, 0.15) is 0 Å². The van der Waals surface area contributed by atoms with Crippen LogP contribution in [0.4, 0.5) is 4.39 Å². The molecular formula is C17H17FO3S. The van der Waals surface area contributed by atoms with Gasteiger partial charge in [0.15, 0.2) is 11.6 Å². The smallest absolute Gasteiger partial charge is 0.337 e. The highest BCUT2D eigenvalue weighted by atomic mass is 32.2. The van der Waals surface area contributed by atoms with Crippen LogP contribution >= 0.6 is 11.8 Å². The van der Waals surface area contributed by atoms with Crippen LogP contribution in [-0.4, -0.2) is 25.4 Å². The summed E-state index contributed by atoms with van der Waals surface area (Å²) in [5.74, 6) is 1.08. The number of thioether (sulfide) groups is 1. The van der Waals surface area contributed by atoms with E-state index >= 15 is 0 Å². The second kappa shape index (κ2) is 8.44. The minimum atomic E-state index is -0.349. The number of methoxy groups -OCH3 is 1. The average molecular weight is 320 g/mol. The highest BCUT2D eigenvalue weighted by Gasteiger charge is 2.05. The third-order valence-electron chi connectivity index (χ3n) is 2.94. The summed E-state index contributed by atoms with van der Waals surface area (Å²) in [6.07, 6.45) is 0. The van der Waals surface area contributed by atoms with Crippen LogP contribution in [0.3, 0.4) is 0 Å². The maximum absolute atomic E-state index is 13.3. The SMILES string of the molecule is COC(=O)c1cccc(CSCCOc2ccccc2F)c1. The van der Waals surface area contributed by atoms with Crippen molar-refractivity contribution in [3.8, 4) is 5.75 Å². The maximum Gasteiger partial charge on any atom is 0.337 e. The summed E-state index contributed by atoms with van der Waals surface area (Å²) in [4.78, 5) is 11.4. The first-order valence-electron chi connectivity index (χ1n) is 6.83. The van der Waals surface area contributed by atoms with Crippen molar-refractivity contribution < 1.29 is 18.7 Å². The molecule has 0 aliphatic carbocycles. The van der Waals surface area contributed by atoms with Gasteiger partial charge in [-0.2, -0.15) is 11.8 Å². The van der Waals surface area contributed by atoms with Crippen molar-refractivity contribution >= 4 is 17.7 Å². The monoisotopic (exact) mass is 320 g/mol. The number of halogens is 1. The molecule has 22 heavy (non-hydrogen) atoms. The van der Waals surface area contributed by atoms with Crippen molar-refractivity contribution in [3.05, 3.63) is 65.5 Å². The minimum absolute atomic E-state index is 0.274. The van der Waals surface area contributed by atoms with E-state index in [4.69, 9.17) is 9.47 Å². The summed E-state index contributed by atoms with van der Waals surface area (Å²) < 4.78 is 23.4. The van der Waals surface area contributed by atoms with Crippen LogP contribution < -0.4 is 4.74 Å². The molecule has 0 aliphatic heterocycles. The van der Waals surface area contributed by atoms with Gasteiger partial charge in [0.05, 0.1) is 19.3 Å². The second-order valence-electron chi connectivity index (χ2n) is 4.52. The predicted molar refractivity (Wildman–Crippen MR) is 85.8 cm³/mol. The van der Waals surface area contributed by atoms with Crippen molar-refractivity contribution in [1.29, 1.82) is 0 Å². The molecule has 3 nitrogen and oxygen atoms in total. The quantitative estimate of drug-likeness (QED) is 0.572. The Kier molecular flexibility index (Phi) is 6.27. The molecule has 0 saturated carbocycles. The molecule has 2 aromatic carbocycles. The normalized spacial score (nSPS) is 10.3. The van der Waals surface area contributed by atoms with Crippen molar-refractivity contribution in [3.63, 3.8) is 0 Å². The summed E-state index contributed by atoms with van der Waals surface area (Å²) in [6, 6.07) is 13.7. The van der Waals surface area contributed by atoms with E-state index in [1.165, 1.54) is 13.2 Å². The second-order valence-corrected chi connectivity index (χ2v) is 5.63. The first-order valence-corrected chi connectivity index (χ1v) is 7.98. The fraction of sp³-hybridized carbons (Fsp3) is 0.235. The first kappa shape index (κ1) is 16.4. The number of esters is 1. The van der Waals surface area contributed by atoms with E-state index in [0.717, 1.165) is 17.1 Å². The molecule has 0 amide bonds. The lowest BCUT2D eigenvalue weighted by Crippen LogP contribution is -2.03. The van der Waals surface area contributed by atoms with Gasteiger partial charge >= 0.3 is 5.97 Å². The molecule has 0 spiro atoms. The third kappa shape index (κ3) is 4.77. The third-order valence-corrected chi connectivity index (χ3v) is 3.93. The molecule has 116 valence electrons. The Hall–Kier alpha value is -2.01. The van der Waals surface area contributed by atoms with E-state index in [2.05, 4.69) is 0 Å². The molecule has 0 N–H and O–H groups in total. The van der Waals surface area contributed by atoms with E-state index in [1.54, 1.807) is 36.0 Å². The number of para-hydroxylation sites is 1. The zero-order chi connectivity index (χ0) is 15.8. The zero-order valence-corrected chi connectivity index (χ0v) is 13.1. The lowest BCUT2D eigenvalue weighted by Gasteiger charge is -2.07. The van der Waals surface area contributed by atoms with E-state index in [0.29, 0.717) is 12.2 Å². The Bertz CT molecular complexity index is 631. The van der Waals surface area contributed by atoms with Crippen LogP contribution in [0.1, 0.15) is 15.9 Å². The summed E-state index contributed by atoms with van der Waals surface area (Å²) in [7, 11) is 1.36. The van der Waals surface area contributed by atoms with Crippen molar-refractivity contribution in [2.24, 2.45) is 0 Å². The van der Waals surface area contributed by atoms with Gasteiger partial charge in [-0.05, 0) is 29.8 Å². The van der Waals surface area contributed by atoms with Crippen molar-refractivity contribution in [2.75, 3.05) is 19.5 Å². The fourth-order valence-corrected chi connectivity index (χ4v) is 2.63. The molecule has 0 saturated heterocycles. The first-order chi connectivity index (χ1) is 10.7. The van der Waals surface area contributed by atoms with E-state index in [-0.39, 0.29) is 17.5 Å². The Labute approximate surface area is 133 Å². The Morgan fingerprint density at radius 3 is 2.77 bits per heavy atom. The van der Waals surface area contributed by atoms with Crippen LogP contribution in [0.5, 0.6) is 5.75 Å². The van der Waals surface area contributed by atoms with E-state index in [9.17, 15) is 9.18 Å². The average Bonchev–Trinajstić information content (AvgIpc) is 2.55. The molecule has 0 heterocycles. The van der Waals surface area contributed by atoms with Crippen LogP contribution in [0.25, 0.3) is 0 Å². The van der Waals surface area contributed by atoms with Crippen LogP contribution in [0, 0.1) is 5.82 Å². The van der Waals surface area contributed by atoms with Crippen LogP contribution in [-0.2, 0) is 10.5 Å². The van der Waals surface area contributed by atoms with Gasteiger partial charge < -0.3 is 9.47 Å². The highest BCUT2D eigenvalue weighted by molar-refractivity contribution is 7.98. The molecule has 0 unspecified atom stereocenters. The van der Waals surface area contributed by atoms with Crippen LogP contribution in [0.15, 0.2) is 48.5 Å². The lowest BCUT2D eigenvalue weighted by atomic mass is 10.1.